The summed E-state index contributed by atoms with van der Waals surface area (Å²) < 4.78 is 36.7. The molecule has 0 aliphatic rings. The zero-order chi connectivity index (χ0) is 25.1. The minimum absolute atomic E-state index is 0.0237. The smallest absolute Gasteiger partial charge is 0.280 e. The van der Waals surface area contributed by atoms with E-state index in [1.807, 2.05) is 0 Å². The van der Waals surface area contributed by atoms with Crippen LogP contribution in [0.3, 0.4) is 0 Å². The monoisotopic (exact) mass is 482 g/mol. The third-order valence-corrected chi connectivity index (χ3v) is 5.17. The van der Waals surface area contributed by atoms with Gasteiger partial charge >= 0.3 is 0 Å². The Morgan fingerprint density at radius 3 is 2.49 bits per heavy atom. The lowest BCUT2D eigenvalue weighted by molar-refractivity contribution is 0.102. The second kappa shape index (κ2) is 9.71. The Hall–Kier alpha value is -4.61. The number of rotatable bonds is 8. The summed E-state index contributed by atoms with van der Waals surface area (Å²) >= 11 is 0. The summed E-state index contributed by atoms with van der Waals surface area (Å²) in [5.74, 6) is 1.12. The van der Waals surface area contributed by atoms with Gasteiger partial charge in [0.25, 0.3) is 5.91 Å². The van der Waals surface area contributed by atoms with Crippen LogP contribution in [-0.4, -0.2) is 47.2 Å². The summed E-state index contributed by atoms with van der Waals surface area (Å²) in [6.07, 6.45) is 0. The lowest BCUT2D eigenvalue weighted by Gasteiger charge is -2.12. The molecule has 0 bridgehead atoms. The minimum Gasteiger partial charge on any atom is -0.493 e. The van der Waals surface area contributed by atoms with Crippen LogP contribution in [0.2, 0.25) is 0 Å². The molecule has 0 atom stereocenters. The van der Waals surface area contributed by atoms with E-state index in [1.165, 1.54) is 44.2 Å². The summed E-state index contributed by atoms with van der Waals surface area (Å²) in [5.41, 5.74) is 7.42. The average molecular weight is 482 g/mol. The Morgan fingerprint density at radius 1 is 1.14 bits per heavy atom. The number of methoxy groups -OCH3 is 3. The van der Waals surface area contributed by atoms with Crippen molar-refractivity contribution in [2.45, 2.75) is 13.5 Å². The quantitative estimate of drug-likeness (QED) is 0.387. The largest absolute Gasteiger partial charge is 0.493 e. The fourth-order valence-electron chi connectivity index (χ4n) is 3.40. The van der Waals surface area contributed by atoms with Gasteiger partial charge in [-0.2, -0.15) is 0 Å². The highest BCUT2D eigenvalue weighted by Crippen LogP contribution is 2.41. The first-order valence-electron chi connectivity index (χ1n) is 10.4. The molecular formula is C23H23FN6O5. The number of aryl methyl sites for hydroxylation is 1. The lowest BCUT2D eigenvalue weighted by Crippen LogP contribution is -2.15. The van der Waals surface area contributed by atoms with E-state index in [9.17, 15) is 9.18 Å². The van der Waals surface area contributed by atoms with E-state index >= 15 is 0 Å². The number of nitrogens with two attached hydrogens (primary N) is 1. The van der Waals surface area contributed by atoms with Crippen LogP contribution >= 0.6 is 0 Å². The Kier molecular flexibility index (Phi) is 6.53. The van der Waals surface area contributed by atoms with Crippen molar-refractivity contribution in [2.24, 2.45) is 0 Å². The standard InChI is InChI=1S/C23H23FN6O5/c1-12-16(27-23(35-12)13-8-17(32-2)20(34-4)18(9-13)33-3)11-30-21(25)19(28-29-30)22(31)26-15-7-5-6-14(24)10-15/h5-10H,11,25H2,1-4H3,(H,26,31). The number of halogens is 1. The van der Waals surface area contributed by atoms with Crippen molar-refractivity contribution < 1.29 is 27.8 Å². The van der Waals surface area contributed by atoms with Crippen LogP contribution in [0, 0.1) is 12.7 Å². The van der Waals surface area contributed by atoms with Gasteiger partial charge in [-0.1, -0.05) is 11.3 Å². The molecule has 12 heteroatoms. The molecular weight excluding hydrogens is 459 g/mol. The summed E-state index contributed by atoms with van der Waals surface area (Å²) in [6.45, 7) is 1.85. The second-order valence-electron chi connectivity index (χ2n) is 7.38. The van der Waals surface area contributed by atoms with Crippen LogP contribution in [0.1, 0.15) is 21.9 Å². The number of carbonyl (C=O) groups excluding carboxylic acids is 1. The first kappa shape index (κ1) is 23.5. The Labute approximate surface area is 199 Å². The minimum atomic E-state index is -0.616. The maximum atomic E-state index is 13.4. The van der Waals surface area contributed by atoms with Crippen molar-refractivity contribution in [2.75, 3.05) is 32.4 Å². The van der Waals surface area contributed by atoms with Crippen molar-refractivity contribution in [3.8, 4) is 28.7 Å². The fraction of sp³-hybridized carbons (Fsp3) is 0.217. The predicted octanol–water partition coefficient (Wildman–Crippen LogP) is 3.29. The molecule has 2 heterocycles. The number of benzene rings is 2. The van der Waals surface area contributed by atoms with Crippen LogP contribution in [0.5, 0.6) is 17.2 Å². The molecule has 0 saturated carbocycles. The number of hydrogen-bond donors (Lipinski definition) is 2. The molecule has 2 aromatic heterocycles. The van der Waals surface area contributed by atoms with E-state index in [0.29, 0.717) is 40.2 Å². The maximum Gasteiger partial charge on any atom is 0.280 e. The maximum absolute atomic E-state index is 13.4. The molecule has 182 valence electrons. The number of amides is 1. The molecule has 3 N–H and O–H groups in total. The van der Waals surface area contributed by atoms with Gasteiger partial charge in [0.1, 0.15) is 17.3 Å². The van der Waals surface area contributed by atoms with E-state index < -0.39 is 11.7 Å². The van der Waals surface area contributed by atoms with E-state index in [1.54, 1.807) is 25.1 Å². The molecule has 11 nitrogen and oxygen atoms in total. The summed E-state index contributed by atoms with van der Waals surface area (Å²) in [5, 5.41) is 10.4. The van der Waals surface area contributed by atoms with Gasteiger partial charge in [0.2, 0.25) is 11.6 Å². The highest BCUT2D eigenvalue weighted by molar-refractivity contribution is 6.05. The van der Waals surface area contributed by atoms with Crippen molar-refractivity contribution in [3.05, 3.63) is 59.4 Å². The van der Waals surface area contributed by atoms with Gasteiger partial charge in [0.05, 0.1) is 27.9 Å². The van der Waals surface area contributed by atoms with Crippen LogP contribution in [0.4, 0.5) is 15.9 Å². The van der Waals surface area contributed by atoms with Gasteiger partial charge in [0.15, 0.2) is 23.0 Å². The van der Waals surface area contributed by atoms with Crippen molar-refractivity contribution >= 4 is 17.4 Å². The van der Waals surface area contributed by atoms with Crippen LogP contribution in [-0.2, 0) is 6.54 Å². The van der Waals surface area contributed by atoms with Crippen molar-refractivity contribution in [1.29, 1.82) is 0 Å². The SMILES string of the molecule is COc1cc(-c2nc(Cn3nnc(C(=O)Nc4cccc(F)c4)c3N)c(C)o2)cc(OC)c1OC. The van der Waals surface area contributed by atoms with Crippen molar-refractivity contribution in [3.63, 3.8) is 0 Å². The van der Waals surface area contributed by atoms with Gasteiger partial charge in [0, 0.05) is 11.3 Å². The number of anilines is 2. The molecule has 0 aliphatic carbocycles. The Bertz CT molecular complexity index is 1360. The summed E-state index contributed by atoms with van der Waals surface area (Å²) in [7, 11) is 4.55. The van der Waals surface area contributed by atoms with E-state index in [0.717, 1.165) is 0 Å². The topological polar surface area (TPSA) is 140 Å². The highest BCUT2D eigenvalue weighted by Gasteiger charge is 2.22. The summed E-state index contributed by atoms with van der Waals surface area (Å²) in [6, 6.07) is 8.91. The van der Waals surface area contributed by atoms with Gasteiger partial charge < -0.3 is 29.7 Å². The first-order chi connectivity index (χ1) is 16.8. The molecule has 0 spiro atoms. The number of ether oxygens (including phenoxy) is 3. The second-order valence-corrected chi connectivity index (χ2v) is 7.38. The number of hydrogen-bond acceptors (Lipinski definition) is 9. The van der Waals surface area contributed by atoms with Crippen LogP contribution in [0.25, 0.3) is 11.5 Å². The molecule has 4 rings (SSSR count). The number of carbonyl (C=O) groups is 1. The molecule has 35 heavy (non-hydrogen) atoms. The van der Waals surface area contributed by atoms with Crippen LogP contribution < -0.4 is 25.3 Å². The lowest BCUT2D eigenvalue weighted by atomic mass is 10.2. The molecule has 0 fully saturated rings. The van der Waals surface area contributed by atoms with E-state index in [4.69, 9.17) is 24.4 Å². The summed E-state index contributed by atoms with van der Waals surface area (Å²) in [4.78, 5) is 17.1. The van der Waals surface area contributed by atoms with Crippen molar-refractivity contribution in [1.82, 2.24) is 20.0 Å². The predicted molar refractivity (Wildman–Crippen MR) is 124 cm³/mol. The van der Waals surface area contributed by atoms with E-state index in [2.05, 4.69) is 20.6 Å². The number of nitrogens with zero attached hydrogens (tertiary/aromatic N) is 4. The average Bonchev–Trinajstić information content (AvgIpc) is 3.40. The first-order valence-corrected chi connectivity index (χ1v) is 10.4. The van der Waals surface area contributed by atoms with E-state index in [-0.39, 0.29) is 23.7 Å². The number of aromatic nitrogens is 4. The third kappa shape index (κ3) is 4.71. The number of nitrogens with one attached hydrogen (secondary N) is 1. The fourth-order valence-corrected chi connectivity index (χ4v) is 3.40. The normalized spacial score (nSPS) is 10.8. The molecule has 2 aromatic carbocycles. The van der Waals surface area contributed by atoms with Gasteiger partial charge in [-0.25, -0.2) is 14.1 Å². The van der Waals surface area contributed by atoms with Crippen LogP contribution in [0.15, 0.2) is 40.8 Å². The molecule has 4 aromatic rings. The molecule has 0 radical (unpaired) electrons. The van der Waals surface area contributed by atoms with Gasteiger partial charge in [-0.3, -0.25) is 4.79 Å². The van der Waals surface area contributed by atoms with Gasteiger partial charge in [-0.05, 0) is 37.3 Å². The Balaban J connectivity index is 1.58. The highest BCUT2D eigenvalue weighted by atomic mass is 19.1. The zero-order valence-corrected chi connectivity index (χ0v) is 19.5. The number of oxazole rings is 1. The Morgan fingerprint density at radius 2 is 1.86 bits per heavy atom. The number of nitrogen functional groups attached to an aromatic ring is 1. The molecule has 0 unspecified atom stereocenters. The zero-order valence-electron chi connectivity index (χ0n) is 19.5. The third-order valence-electron chi connectivity index (χ3n) is 5.17. The molecule has 0 saturated heterocycles. The van der Waals surface area contributed by atoms with Gasteiger partial charge in [-0.15, -0.1) is 5.10 Å². The molecule has 1 amide bonds. The molecule has 0 aliphatic heterocycles.